The van der Waals surface area contributed by atoms with Crippen molar-refractivity contribution in [1.82, 2.24) is 10.3 Å². The molecule has 0 radical (unpaired) electrons. The standard InChI is InChI=1S/C20H26N2O4/c1-12(2)26-20(24)17-13(3)18(22-14(17)4)19(23)21-11-10-15-6-8-16(25-5)9-7-15/h6-9,12,22H,10-11H2,1-5H3,(H,21,23). The number of hydrogen-bond acceptors (Lipinski definition) is 4. The van der Waals surface area contributed by atoms with Gasteiger partial charge < -0.3 is 19.8 Å². The van der Waals surface area contributed by atoms with Crippen molar-refractivity contribution >= 4 is 11.9 Å². The molecule has 26 heavy (non-hydrogen) atoms. The van der Waals surface area contributed by atoms with Crippen LogP contribution in [0.25, 0.3) is 0 Å². The Balaban J connectivity index is 1.99. The molecule has 1 amide bonds. The number of methoxy groups -OCH3 is 1. The normalized spacial score (nSPS) is 10.7. The number of aromatic nitrogens is 1. The molecule has 1 aromatic heterocycles. The maximum atomic E-state index is 12.5. The summed E-state index contributed by atoms with van der Waals surface area (Å²) in [5.41, 5.74) is 3.17. The second kappa shape index (κ2) is 8.56. The summed E-state index contributed by atoms with van der Waals surface area (Å²) in [6.07, 6.45) is 0.495. The van der Waals surface area contributed by atoms with E-state index in [1.54, 1.807) is 34.8 Å². The number of aromatic amines is 1. The third kappa shape index (κ3) is 4.65. The van der Waals surface area contributed by atoms with Gasteiger partial charge in [-0.25, -0.2) is 4.79 Å². The number of rotatable bonds is 7. The zero-order chi connectivity index (χ0) is 19.3. The van der Waals surface area contributed by atoms with Crippen LogP contribution in [0.5, 0.6) is 5.75 Å². The van der Waals surface area contributed by atoms with Gasteiger partial charge in [-0.05, 0) is 57.4 Å². The molecule has 6 heteroatoms. The number of H-pyrrole nitrogens is 1. The predicted molar refractivity (Wildman–Crippen MR) is 99.8 cm³/mol. The molecule has 2 N–H and O–H groups in total. The molecule has 0 spiro atoms. The number of carbonyl (C=O) groups is 2. The lowest BCUT2D eigenvalue weighted by Crippen LogP contribution is -2.26. The fraction of sp³-hybridized carbons (Fsp3) is 0.400. The topological polar surface area (TPSA) is 80.4 Å². The minimum absolute atomic E-state index is 0.210. The van der Waals surface area contributed by atoms with E-state index in [4.69, 9.17) is 9.47 Å². The van der Waals surface area contributed by atoms with Gasteiger partial charge in [0.1, 0.15) is 11.4 Å². The highest BCUT2D eigenvalue weighted by Crippen LogP contribution is 2.19. The molecule has 140 valence electrons. The van der Waals surface area contributed by atoms with E-state index in [0.717, 1.165) is 11.3 Å². The molecule has 0 aliphatic heterocycles. The molecule has 0 unspecified atom stereocenters. The number of amides is 1. The molecule has 0 saturated heterocycles. The maximum absolute atomic E-state index is 12.5. The van der Waals surface area contributed by atoms with Crippen LogP contribution >= 0.6 is 0 Å². The van der Waals surface area contributed by atoms with Gasteiger partial charge in [0, 0.05) is 12.2 Å². The number of aryl methyl sites for hydroxylation is 1. The van der Waals surface area contributed by atoms with Gasteiger partial charge >= 0.3 is 5.97 Å². The molecule has 6 nitrogen and oxygen atoms in total. The van der Waals surface area contributed by atoms with Crippen molar-refractivity contribution in [2.45, 2.75) is 40.2 Å². The average Bonchev–Trinajstić information content (AvgIpc) is 2.89. The van der Waals surface area contributed by atoms with Crippen molar-refractivity contribution in [3.8, 4) is 5.75 Å². The van der Waals surface area contributed by atoms with Crippen LogP contribution in [0.3, 0.4) is 0 Å². The van der Waals surface area contributed by atoms with Gasteiger partial charge in [0.25, 0.3) is 5.91 Å². The first-order chi connectivity index (χ1) is 12.3. The van der Waals surface area contributed by atoms with E-state index in [2.05, 4.69) is 10.3 Å². The quantitative estimate of drug-likeness (QED) is 0.745. The number of carbonyl (C=O) groups excluding carboxylic acids is 2. The molecule has 1 heterocycles. The lowest BCUT2D eigenvalue weighted by molar-refractivity contribution is 0.0376. The Morgan fingerprint density at radius 1 is 1.15 bits per heavy atom. The number of benzene rings is 1. The van der Waals surface area contributed by atoms with E-state index in [0.29, 0.717) is 35.5 Å². The first kappa shape index (κ1) is 19.6. The monoisotopic (exact) mass is 358 g/mol. The number of hydrogen-bond donors (Lipinski definition) is 2. The van der Waals surface area contributed by atoms with E-state index in [1.807, 2.05) is 24.3 Å². The molecule has 0 bridgehead atoms. The van der Waals surface area contributed by atoms with Crippen LogP contribution in [-0.2, 0) is 11.2 Å². The molecule has 1 aromatic carbocycles. The fourth-order valence-electron chi connectivity index (χ4n) is 2.76. The van der Waals surface area contributed by atoms with Crippen molar-refractivity contribution in [2.24, 2.45) is 0 Å². The summed E-state index contributed by atoms with van der Waals surface area (Å²) in [7, 11) is 1.63. The number of nitrogens with one attached hydrogen (secondary N) is 2. The largest absolute Gasteiger partial charge is 0.497 e. The zero-order valence-electron chi connectivity index (χ0n) is 15.9. The molecular weight excluding hydrogens is 332 g/mol. The maximum Gasteiger partial charge on any atom is 0.340 e. The highest BCUT2D eigenvalue weighted by molar-refractivity contribution is 6.00. The molecule has 2 rings (SSSR count). The third-order valence-electron chi connectivity index (χ3n) is 4.07. The van der Waals surface area contributed by atoms with Crippen LogP contribution in [0.1, 0.15) is 51.5 Å². The first-order valence-electron chi connectivity index (χ1n) is 8.64. The summed E-state index contributed by atoms with van der Waals surface area (Å²) in [6, 6.07) is 7.72. The Bertz CT molecular complexity index is 776. The van der Waals surface area contributed by atoms with Crippen LogP contribution < -0.4 is 10.1 Å². The van der Waals surface area contributed by atoms with Crippen molar-refractivity contribution in [1.29, 1.82) is 0 Å². The molecule has 0 aliphatic carbocycles. The Kier molecular flexibility index (Phi) is 6.44. The fourth-order valence-corrected chi connectivity index (χ4v) is 2.76. The van der Waals surface area contributed by atoms with E-state index in [9.17, 15) is 9.59 Å². The second-order valence-electron chi connectivity index (χ2n) is 6.43. The molecule has 0 aliphatic rings. The average molecular weight is 358 g/mol. The van der Waals surface area contributed by atoms with Gasteiger partial charge in [0.05, 0.1) is 18.8 Å². The zero-order valence-corrected chi connectivity index (χ0v) is 15.9. The predicted octanol–water partition coefficient (Wildman–Crippen LogP) is 3.18. The van der Waals surface area contributed by atoms with E-state index in [1.165, 1.54) is 0 Å². The van der Waals surface area contributed by atoms with Gasteiger partial charge in [0.2, 0.25) is 0 Å². The molecule has 2 aromatic rings. The van der Waals surface area contributed by atoms with Crippen LogP contribution in [0.4, 0.5) is 0 Å². The minimum Gasteiger partial charge on any atom is -0.497 e. The van der Waals surface area contributed by atoms with Crippen LogP contribution in [0.15, 0.2) is 24.3 Å². The SMILES string of the molecule is COc1ccc(CCNC(=O)c2[nH]c(C)c(C(=O)OC(C)C)c2C)cc1. The van der Waals surface area contributed by atoms with Gasteiger partial charge in [-0.15, -0.1) is 0 Å². The van der Waals surface area contributed by atoms with Gasteiger partial charge in [-0.1, -0.05) is 12.1 Å². The third-order valence-corrected chi connectivity index (χ3v) is 4.07. The summed E-state index contributed by atoms with van der Waals surface area (Å²) in [4.78, 5) is 27.7. The number of esters is 1. The van der Waals surface area contributed by atoms with Crippen molar-refractivity contribution in [3.05, 3.63) is 52.3 Å². The lowest BCUT2D eigenvalue weighted by atomic mass is 10.1. The molecule has 0 atom stereocenters. The summed E-state index contributed by atoms with van der Waals surface area (Å²) >= 11 is 0. The minimum atomic E-state index is -0.413. The summed E-state index contributed by atoms with van der Waals surface area (Å²) < 4.78 is 10.4. The highest BCUT2D eigenvalue weighted by Gasteiger charge is 2.23. The number of ether oxygens (including phenoxy) is 2. The van der Waals surface area contributed by atoms with Crippen molar-refractivity contribution in [3.63, 3.8) is 0 Å². The Morgan fingerprint density at radius 2 is 1.81 bits per heavy atom. The Hall–Kier alpha value is -2.76. The van der Waals surface area contributed by atoms with Crippen LogP contribution in [-0.4, -0.2) is 36.6 Å². The first-order valence-corrected chi connectivity index (χ1v) is 8.64. The summed E-state index contributed by atoms with van der Waals surface area (Å²) in [5, 5.41) is 2.88. The second-order valence-corrected chi connectivity index (χ2v) is 6.43. The molecule has 0 fully saturated rings. The van der Waals surface area contributed by atoms with Gasteiger partial charge in [-0.2, -0.15) is 0 Å². The lowest BCUT2D eigenvalue weighted by Gasteiger charge is -2.08. The Labute approximate surface area is 153 Å². The van der Waals surface area contributed by atoms with E-state index < -0.39 is 5.97 Å². The highest BCUT2D eigenvalue weighted by atomic mass is 16.5. The van der Waals surface area contributed by atoms with E-state index >= 15 is 0 Å². The van der Waals surface area contributed by atoms with Gasteiger partial charge in [-0.3, -0.25) is 4.79 Å². The molecule has 0 saturated carbocycles. The van der Waals surface area contributed by atoms with Crippen molar-refractivity contribution in [2.75, 3.05) is 13.7 Å². The Morgan fingerprint density at radius 3 is 2.38 bits per heavy atom. The molecular formula is C20H26N2O4. The summed E-state index contributed by atoms with van der Waals surface area (Å²) in [6.45, 7) is 7.59. The van der Waals surface area contributed by atoms with Crippen LogP contribution in [0.2, 0.25) is 0 Å². The summed E-state index contributed by atoms with van der Waals surface area (Å²) in [5.74, 6) is 0.155. The smallest absolute Gasteiger partial charge is 0.340 e. The van der Waals surface area contributed by atoms with Gasteiger partial charge in [0.15, 0.2) is 0 Å². The van der Waals surface area contributed by atoms with E-state index in [-0.39, 0.29) is 12.0 Å². The van der Waals surface area contributed by atoms with Crippen LogP contribution in [0, 0.1) is 13.8 Å². The van der Waals surface area contributed by atoms with Crippen molar-refractivity contribution < 1.29 is 19.1 Å².